The minimum absolute atomic E-state index is 0.0413. The third kappa shape index (κ3) is 3.92. The Morgan fingerprint density at radius 1 is 1.17 bits per heavy atom. The van der Waals surface area contributed by atoms with E-state index < -0.39 is 12.1 Å². The average molecular weight is 321 g/mol. The maximum absolute atomic E-state index is 12.4. The molecule has 0 spiro atoms. The molecule has 1 saturated heterocycles. The molecule has 0 aliphatic carbocycles. The van der Waals surface area contributed by atoms with Crippen molar-refractivity contribution in [3.05, 3.63) is 23.8 Å². The first-order chi connectivity index (χ1) is 11.1. The van der Waals surface area contributed by atoms with Crippen molar-refractivity contribution >= 4 is 11.9 Å². The summed E-state index contributed by atoms with van der Waals surface area (Å²) in [5, 5.41) is 8.83. The highest BCUT2D eigenvalue weighted by molar-refractivity contribution is 5.79. The van der Waals surface area contributed by atoms with E-state index in [1.165, 1.54) is 0 Å². The summed E-state index contributed by atoms with van der Waals surface area (Å²) >= 11 is 0. The second-order valence-electron chi connectivity index (χ2n) is 5.59. The summed E-state index contributed by atoms with van der Waals surface area (Å²) in [4.78, 5) is 24.8. The van der Waals surface area contributed by atoms with E-state index in [-0.39, 0.29) is 18.7 Å². The van der Waals surface area contributed by atoms with Crippen LogP contribution >= 0.6 is 0 Å². The SMILES string of the molecule is O=C(O)C[C@@H]1CN(C(=O)Cc2ccc3c(c2)OCCO3)CCO1. The number of hydrogen-bond acceptors (Lipinski definition) is 5. The number of carboxylic acid groups (broad SMARTS) is 1. The first kappa shape index (κ1) is 15.6. The molecule has 3 rings (SSSR count). The van der Waals surface area contributed by atoms with Crippen molar-refractivity contribution in [3.8, 4) is 11.5 Å². The van der Waals surface area contributed by atoms with Gasteiger partial charge in [-0.15, -0.1) is 0 Å². The third-order valence-corrected chi connectivity index (χ3v) is 3.86. The molecule has 2 aliphatic heterocycles. The van der Waals surface area contributed by atoms with Crippen molar-refractivity contribution in [3.63, 3.8) is 0 Å². The third-order valence-electron chi connectivity index (χ3n) is 3.86. The number of hydrogen-bond donors (Lipinski definition) is 1. The summed E-state index contributed by atoms with van der Waals surface area (Å²) in [6, 6.07) is 5.48. The van der Waals surface area contributed by atoms with Crippen LogP contribution in [0.3, 0.4) is 0 Å². The highest BCUT2D eigenvalue weighted by atomic mass is 16.6. The van der Waals surface area contributed by atoms with Gasteiger partial charge in [0.2, 0.25) is 5.91 Å². The molecular formula is C16H19NO6. The maximum Gasteiger partial charge on any atom is 0.306 e. The molecule has 7 nitrogen and oxygen atoms in total. The Bertz CT molecular complexity index is 602. The van der Waals surface area contributed by atoms with Gasteiger partial charge in [-0.2, -0.15) is 0 Å². The molecule has 1 N–H and O–H groups in total. The summed E-state index contributed by atoms with van der Waals surface area (Å²) in [5.41, 5.74) is 0.848. The van der Waals surface area contributed by atoms with Crippen LogP contribution in [0.15, 0.2) is 18.2 Å². The molecule has 23 heavy (non-hydrogen) atoms. The number of benzene rings is 1. The van der Waals surface area contributed by atoms with Crippen molar-refractivity contribution in [1.82, 2.24) is 4.90 Å². The lowest BCUT2D eigenvalue weighted by Crippen LogP contribution is -2.46. The van der Waals surface area contributed by atoms with Crippen molar-refractivity contribution in [2.24, 2.45) is 0 Å². The molecule has 7 heteroatoms. The van der Waals surface area contributed by atoms with Gasteiger partial charge in [0.25, 0.3) is 0 Å². The van der Waals surface area contributed by atoms with Gasteiger partial charge in [0, 0.05) is 13.1 Å². The van der Waals surface area contributed by atoms with Gasteiger partial charge in [0.15, 0.2) is 11.5 Å². The lowest BCUT2D eigenvalue weighted by Gasteiger charge is -2.32. The zero-order valence-electron chi connectivity index (χ0n) is 12.7. The summed E-state index contributed by atoms with van der Waals surface area (Å²) in [6.45, 7) is 2.20. The second-order valence-corrected chi connectivity index (χ2v) is 5.59. The van der Waals surface area contributed by atoms with Gasteiger partial charge < -0.3 is 24.2 Å². The molecule has 124 valence electrons. The molecule has 0 radical (unpaired) electrons. The van der Waals surface area contributed by atoms with Crippen molar-refractivity contribution in [2.45, 2.75) is 18.9 Å². The first-order valence-corrected chi connectivity index (χ1v) is 7.61. The number of morpholine rings is 1. The predicted molar refractivity (Wildman–Crippen MR) is 79.7 cm³/mol. The average Bonchev–Trinajstić information content (AvgIpc) is 2.54. The fourth-order valence-electron chi connectivity index (χ4n) is 2.75. The molecule has 0 unspecified atom stereocenters. The quantitative estimate of drug-likeness (QED) is 0.879. The molecular weight excluding hydrogens is 302 g/mol. The zero-order valence-corrected chi connectivity index (χ0v) is 12.7. The highest BCUT2D eigenvalue weighted by Crippen LogP contribution is 2.31. The normalized spacial score (nSPS) is 20.2. The van der Waals surface area contributed by atoms with Crippen LogP contribution in [0.4, 0.5) is 0 Å². The van der Waals surface area contributed by atoms with E-state index in [0.29, 0.717) is 44.4 Å². The molecule has 1 amide bonds. The maximum atomic E-state index is 12.4. The molecule has 1 atom stereocenters. The Kier molecular flexibility index (Phi) is 4.66. The standard InChI is InChI=1S/C16H19NO6/c18-15(17-3-4-21-12(10-17)9-16(19)20)8-11-1-2-13-14(7-11)23-6-5-22-13/h1-2,7,12H,3-6,8-10H2,(H,19,20)/t12-/m1/s1. The Morgan fingerprint density at radius 2 is 1.96 bits per heavy atom. The van der Waals surface area contributed by atoms with Crippen LogP contribution in [0.2, 0.25) is 0 Å². The van der Waals surface area contributed by atoms with Gasteiger partial charge in [-0.3, -0.25) is 9.59 Å². The van der Waals surface area contributed by atoms with Crippen LogP contribution < -0.4 is 9.47 Å². The zero-order chi connectivity index (χ0) is 16.2. The number of carboxylic acids is 1. The van der Waals surface area contributed by atoms with Crippen LogP contribution in [-0.2, 0) is 20.7 Å². The van der Waals surface area contributed by atoms with E-state index in [4.69, 9.17) is 19.3 Å². The molecule has 1 aromatic rings. The summed E-state index contributed by atoms with van der Waals surface area (Å²) < 4.78 is 16.4. The molecule has 1 fully saturated rings. The minimum Gasteiger partial charge on any atom is -0.486 e. The van der Waals surface area contributed by atoms with E-state index in [0.717, 1.165) is 5.56 Å². The molecule has 1 aromatic carbocycles. The number of rotatable bonds is 4. The monoisotopic (exact) mass is 321 g/mol. The number of aliphatic carboxylic acids is 1. The van der Waals surface area contributed by atoms with Gasteiger partial charge in [-0.05, 0) is 17.7 Å². The Labute approximate surface area is 133 Å². The topological polar surface area (TPSA) is 85.3 Å². The Balaban J connectivity index is 1.61. The Hall–Kier alpha value is -2.28. The van der Waals surface area contributed by atoms with Gasteiger partial charge in [-0.25, -0.2) is 0 Å². The fourth-order valence-corrected chi connectivity index (χ4v) is 2.75. The van der Waals surface area contributed by atoms with Crippen LogP contribution in [0.5, 0.6) is 11.5 Å². The van der Waals surface area contributed by atoms with E-state index in [1.807, 2.05) is 18.2 Å². The molecule has 2 aliphatic rings. The van der Waals surface area contributed by atoms with Crippen LogP contribution in [-0.4, -0.2) is 60.9 Å². The number of carbonyl (C=O) groups is 2. The number of fused-ring (bicyclic) bond motifs is 1. The van der Waals surface area contributed by atoms with Crippen LogP contribution in [0.25, 0.3) is 0 Å². The number of carbonyl (C=O) groups excluding carboxylic acids is 1. The van der Waals surface area contributed by atoms with E-state index >= 15 is 0 Å². The van der Waals surface area contributed by atoms with Gasteiger partial charge in [0.1, 0.15) is 13.2 Å². The number of amides is 1. The lowest BCUT2D eigenvalue weighted by molar-refractivity contribution is -0.147. The minimum atomic E-state index is -0.920. The van der Waals surface area contributed by atoms with Crippen LogP contribution in [0, 0.1) is 0 Å². The fraction of sp³-hybridized carbons (Fsp3) is 0.500. The van der Waals surface area contributed by atoms with E-state index in [2.05, 4.69) is 0 Å². The van der Waals surface area contributed by atoms with E-state index in [9.17, 15) is 9.59 Å². The van der Waals surface area contributed by atoms with Gasteiger partial charge in [-0.1, -0.05) is 6.07 Å². The van der Waals surface area contributed by atoms with Gasteiger partial charge in [0.05, 0.1) is 25.6 Å². The Morgan fingerprint density at radius 3 is 2.74 bits per heavy atom. The lowest BCUT2D eigenvalue weighted by atomic mass is 10.1. The predicted octanol–water partition coefficient (Wildman–Crippen LogP) is 0.702. The highest BCUT2D eigenvalue weighted by Gasteiger charge is 2.26. The van der Waals surface area contributed by atoms with Crippen molar-refractivity contribution < 1.29 is 28.9 Å². The van der Waals surface area contributed by atoms with Crippen molar-refractivity contribution in [2.75, 3.05) is 32.9 Å². The first-order valence-electron chi connectivity index (χ1n) is 7.61. The second kappa shape index (κ2) is 6.87. The summed E-state index contributed by atoms with van der Waals surface area (Å²) in [7, 11) is 0. The molecule has 0 bridgehead atoms. The molecule has 0 aromatic heterocycles. The van der Waals surface area contributed by atoms with Crippen molar-refractivity contribution in [1.29, 1.82) is 0 Å². The summed E-state index contributed by atoms with van der Waals surface area (Å²) in [5.74, 6) is 0.393. The number of ether oxygens (including phenoxy) is 3. The van der Waals surface area contributed by atoms with Gasteiger partial charge >= 0.3 is 5.97 Å². The smallest absolute Gasteiger partial charge is 0.306 e. The molecule has 2 heterocycles. The largest absolute Gasteiger partial charge is 0.486 e. The van der Waals surface area contributed by atoms with Crippen LogP contribution in [0.1, 0.15) is 12.0 Å². The molecule has 0 saturated carbocycles. The summed E-state index contributed by atoms with van der Waals surface area (Å²) in [6.07, 6.45) is -0.282. The van der Waals surface area contributed by atoms with E-state index in [1.54, 1.807) is 4.90 Å². The number of nitrogens with zero attached hydrogens (tertiary/aromatic N) is 1.